The van der Waals surface area contributed by atoms with E-state index in [1.54, 1.807) is 18.2 Å². The van der Waals surface area contributed by atoms with Gasteiger partial charge < -0.3 is 4.42 Å². The van der Waals surface area contributed by atoms with Crippen molar-refractivity contribution in [2.24, 2.45) is 0 Å². The second kappa shape index (κ2) is 8.18. The quantitative estimate of drug-likeness (QED) is 0.324. The van der Waals surface area contributed by atoms with Crippen molar-refractivity contribution in [3.05, 3.63) is 88.8 Å². The lowest BCUT2D eigenvalue weighted by Gasteiger charge is -2.11. The van der Waals surface area contributed by atoms with Gasteiger partial charge in [-0.05, 0) is 36.4 Å². The minimum absolute atomic E-state index is 0.0138. The van der Waals surface area contributed by atoms with Crippen molar-refractivity contribution in [1.29, 1.82) is 5.26 Å². The van der Waals surface area contributed by atoms with Gasteiger partial charge in [0.25, 0.3) is 20.1 Å². The second-order valence-electron chi connectivity index (χ2n) is 6.88. The first kappa shape index (κ1) is 22.2. The van der Waals surface area contributed by atoms with Gasteiger partial charge in [0.2, 0.25) is 0 Å². The predicted octanol–water partition coefficient (Wildman–Crippen LogP) is 3.38. The summed E-state index contributed by atoms with van der Waals surface area (Å²) in [6, 6.07) is 18.5. The van der Waals surface area contributed by atoms with E-state index in [0.717, 1.165) is 0 Å². The van der Waals surface area contributed by atoms with E-state index >= 15 is 0 Å². The molecule has 1 aromatic heterocycles. The van der Waals surface area contributed by atoms with E-state index in [0.29, 0.717) is 5.39 Å². The van der Waals surface area contributed by atoms with Gasteiger partial charge in [-0.2, -0.15) is 13.7 Å². The summed E-state index contributed by atoms with van der Waals surface area (Å²) in [5.74, 6) is 0. The van der Waals surface area contributed by atoms with Gasteiger partial charge in [-0.15, -0.1) is 0 Å². The SMILES string of the molecule is N#Cc1ccc(S(=O)(=O)Nc2cc3cccc(-c4ccccc4S(=O)(=O)O)c3oc2=O)cc1. The molecular formula is C22H14N2O7S2. The Morgan fingerprint density at radius 3 is 2.21 bits per heavy atom. The van der Waals surface area contributed by atoms with Gasteiger partial charge in [0.05, 0.1) is 16.5 Å². The summed E-state index contributed by atoms with van der Waals surface area (Å²) in [5.41, 5.74) is -0.737. The van der Waals surface area contributed by atoms with E-state index in [1.807, 2.05) is 6.07 Å². The molecule has 0 spiro atoms. The predicted molar refractivity (Wildman–Crippen MR) is 120 cm³/mol. The molecule has 1 heterocycles. The van der Waals surface area contributed by atoms with Crippen LogP contribution >= 0.6 is 0 Å². The Morgan fingerprint density at radius 1 is 0.879 bits per heavy atom. The molecule has 0 bridgehead atoms. The molecule has 0 atom stereocenters. The van der Waals surface area contributed by atoms with Gasteiger partial charge in [0, 0.05) is 16.5 Å². The summed E-state index contributed by atoms with van der Waals surface area (Å²) in [5, 5.41) is 9.17. The molecule has 166 valence electrons. The van der Waals surface area contributed by atoms with Crippen molar-refractivity contribution in [3.8, 4) is 17.2 Å². The summed E-state index contributed by atoms with van der Waals surface area (Å²) >= 11 is 0. The zero-order chi connectivity index (χ0) is 23.8. The van der Waals surface area contributed by atoms with E-state index in [1.165, 1.54) is 54.6 Å². The van der Waals surface area contributed by atoms with Crippen LogP contribution in [0.2, 0.25) is 0 Å². The van der Waals surface area contributed by atoms with Crippen molar-refractivity contribution in [1.82, 2.24) is 0 Å². The fourth-order valence-corrected chi connectivity index (χ4v) is 5.00. The third-order valence-electron chi connectivity index (χ3n) is 4.75. The molecular weight excluding hydrogens is 468 g/mol. The Morgan fingerprint density at radius 2 is 1.55 bits per heavy atom. The Hall–Kier alpha value is -3.98. The largest absolute Gasteiger partial charge is 0.421 e. The molecule has 0 unspecified atom stereocenters. The molecule has 4 rings (SSSR count). The van der Waals surface area contributed by atoms with E-state index in [9.17, 15) is 26.2 Å². The molecule has 0 aliphatic heterocycles. The van der Waals surface area contributed by atoms with Crippen LogP contribution in [0.25, 0.3) is 22.1 Å². The number of sulfonamides is 1. The maximum atomic E-state index is 12.7. The van der Waals surface area contributed by atoms with Gasteiger partial charge >= 0.3 is 5.63 Å². The van der Waals surface area contributed by atoms with Gasteiger partial charge in [0.15, 0.2) is 0 Å². The molecule has 0 radical (unpaired) electrons. The first-order valence-corrected chi connectivity index (χ1v) is 12.2. The minimum atomic E-state index is -4.56. The zero-order valence-electron chi connectivity index (χ0n) is 16.6. The molecule has 33 heavy (non-hydrogen) atoms. The van der Waals surface area contributed by atoms with Gasteiger partial charge in [-0.1, -0.05) is 36.4 Å². The number of nitriles is 1. The summed E-state index contributed by atoms with van der Waals surface area (Å²) in [6.45, 7) is 0. The number of para-hydroxylation sites is 1. The van der Waals surface area contributed by atoms with Crippen LogP contribution in [0.3, 0.4) is 0 Å². The lowest BCUT2D eigenvalue weighted by Crippen LogP contribution is -2.18. The molecule has 3 aromatic carbocycles. The summed E-state index contributed by atoms with van der Waals surface area (Å²) in [4.78, 5) is 12.1. The van der Waals surface area contributed by atoms with Gasteiger partial charge in [-0.25, -0.2) is 13.2 Å². The van der Waals surface area contributed by atoms with Crippen LogP contribution in [0.15, 0.2) is 91.8 Å². The van der Waals surface area contributed by atoms with E-state index in [2.05, 4.69) is 4.72 Å². The number of nitrogens with one attached hydrogen (secondary N) is 1. The summed E-state index contributed by atoms with van der Waals surface area (Å²) in [6.07, 6.45) is 0. The highest BCUT2D eigenvalue weighted by Gasteiger charge is 2.21. The fraction of sp³-hybridized carbons (Fsp3) is 0. The molecule has 9 nitrogen and oxygen atoms in total. The lowest BCUT2D eigenvalue weighted by atomic mass is 10.0. The summed E-state index contributed by atoms with van der Waals surface area (Å²) in [7, 11) is -8.71. The number of hydrogen-bond donors (Lipinski definition) is 2. The van der Waals surface area contributed by atoms with Crippen molar-refractivity contribution in [2.75, 3.05) is 4.72 Å². The average Bonchev–Trinajstić information content (AvgIpc) is 2.78. The maximum Gasteiger partial charge on any atom is 0.360 e. The number of anilines is 1. The topological polar surface area (TPSA) is 155 Å². The van der Waals surface area contributed by atoms with Crippen molar-refractivity contribution < 1.29 is 25.8 Å². The third kappa shape index (κ3) is 4.35. The molecule has 0 amide bonds. The van der Waals surface area contributed by atoms with Crippen LogP contribution in [0, 0.1) is 11.3 Å². The highest BCUT2D eigenvalue weighted by atomic mass is 32.2. The van der Waals surface area contributed by atoms with Crippen LogP contribution in [-0.2, 0) is 20.1 Å². The van der Waals surface area contributed by atoms with Crippen LogP contribution in [0.4, 0.5) is 5.69 Å². The highest BCUT2D eigenvalue weighted by Crippen LogP contribution is 2.33. The number of fused-ring (bicyclic) bond motifs is 1. The van der Waals surface area contributed by atoms with Crippen LogP contribution in [-0.4, -0.2) is 21.4 Å². The average molecular weight is 482 g/mol. The van der Waals surface area contributed by atoms with Gasteiger partial charge in [-0.3, -0.25) is 9.27 Å². The van der Waals surface area contributed by atoms with Crippen LogP contribution in [0.1, 0.15) is 5.56 Å². The lowest BCUT2D eigenvalue weighted by molar-refractivity contribution is 0.483. The van der Waals surface area contributed by atoms with Crippen molar-refractivity contribution in [3.63, 3.8) is 0 Å². The minimum Gasteiger partial charge on any atom is -0.421 e. The smallest absolute Gasteiger partial charge is 0.360 e. The fourth-order valence-electron chi connectivity index (χ4n) is 3.25. The monoisotopic (exact) mass is 482 g/mol. The third-order valence-corrected chi connectivity index (χ3v) is 7.05. The maximum absolute atomic E-state index is 12.7. The van der Waals surface area contributed by atoms with Gasteiger partial charge in [0.1, 0.15) is 16.2 Å². The summed E-state index contributed by atoms with van der Waals surface area (Å²) < 4.78 is 66.0. The Kier molecular flexibility index (Phi) is 5.51. The molecule has 4 aromatic rings. The molecule has 0 aliphatic carbocycles. The molecule has 0 saturated carbocycles. The number of hydrogen-bond acceptors (Lipinski definition) is 7. The Labute approximate surface area is 188 Å². The normalized spacial score (nSPS) is 11.8. The first-order chi connectivity index (χ1) is 15.6. The van der Waals surface area contributed by atoms with Crippen molar-refractivity contribution in [2.45, 2.75) is 9.79 Å². The van der Waals surface area contributed by atoms with Crippen molar-refractivity contribution >= 4 is 36.8 Å². The zero-order valence-corrected chi connectivity index (χ0v) is 18.2. The van der Waals surface area contributed by atoms with E-state index in [4.69, 9.17) is 9.68 Å². The molecule has 0 saturated heterocycles. The standard InChI is InChI=1S/C22H14N2O7S2/c23-13-14-8-10-16(11-9-14)32(26,27)24-19-12-15-4-3-6-18(21(15)31-22(19)25)17-5-1-2-7-20(17)33(28,29)30/h1-12,24H,(H,28,29,30). The van der Waals surface area contributed by atoms with Crippen LogP contribution in [0.5, 0.6) is 0 Å². The van der Waals surface area contributed by atoms with E-state index < -0.39 is 25.8 Å². The number of benzene rings is 3. The number of nitrogens with zero attached hydrogens (tertiary/aromatic N) is 1. The first-order valence-electron chi connectivity index (χ1n) is 9.27. The Balaban J connectivity index is 1.82. The highest BCUT2D eigenvalue weighted by molar-refractivity contribution is 7.92. The Bertz CT molecular complexity index is 1700. The molecule has 0 aliphatic rings. The molecule has 0 fully saturated rings. The van der Waals surface area contributed by atoms with E-state index in [-0.39, 0.29) is 37.8 Å². The molecule has 2 N–H and O–H groups in total. The molecule has 11 heteroatoms. The second-order valence-corrected chi connectivity index (χ2v) is 9.96. The number of rotatable bonds is 5. The van der Waals surface area contributed by atoms with Crippen LogP contribution < -0.4 is 10.3 Å².